The van der Waals surface area contributed by atoms with Gasteiger partial charge in [0.25, 0.3) is 0 Å². The van der Waals surface area contributed by atoms with Gasteiger partial charge in [0, 0.05) is 20.1 Å². The molecule has 0 atom stereocenters. The molecule has 0 saturated heterocycles. The third kappa shape index (κ3) is 3.24. The van der Waals surface area contributed by atoms with E-state index < -0.39 is 5.97 Å². The number of benzene rings is 1. The SMILES string of the molecule is CCN(CC)c1ncnc(N(C)c2ccccc2C(=O)OC)c1N. The second-order valence-electron chi connectivity index (χ2n) is 5.17. The van der Waals surface area contributed by atoms with Crippen LogP contribution >= 0.6 is 0 Å². The first kappa shape index (κ1) is 17.5. The molecule has 0 radical (unpaired) electrons. The number of nitrogens with two attached hydrogens (primary N) is 1. The molecule has 0 unspecified atom stereocenters. The van der Waals surface area contributed by atoms with E-state index in [1.165, 1.54) is 13.4 Å². The van der Waals surface area contributed by atoms with E-state index in [0.29, 0.717) is 28.6 Å². The van der Waals surface area contributed by atoms with Gasteiger partial charge in [0.15, 0.2) is 11.6 Å². The molecule has 2 N–H and O–H groups in total. The van der Waals surface area contributed by atoms with Crippen molar-refractivity contribution >= 4 is 29.0 Å². The van der Waals surface area contributed by atoms with Gasteiger partial charge in [-0.3, -0.25) is 0 Å². The van der Waals surface area contributed by atoms with Crippen LogP contribution in [0.5, 0.6) is 0 Å². The van der Waals surface area contributed by atoms with E-state index in [1.807, 2.05) is 33.0 Å². The summed E-state index contributed by atoms with van der Waals surface area (Å²) in [5.41, 5.74) is 7.90. The zero-order valence-electron chi connectivity index (χ0n) is 14.5. The van der Waals surface area contributed by atoms with E-state index in [4.69, 9.17) is 10.5 Å². The number of esters is 1. The van der Waals surface area contributed by atoms with Gasteiger partial charge < -0.3 is 20.3 Å². The lowest BCUT2D eigenvalue weighted by atomic mass is 10.1. The third-order valence-corrected chi connectivity index (χ3v) is 3.89. The van der Waals surface area contributed by atoms with Crippen molar-refractivity contribution in [2.45, 2.75) is 13.8 Å². The molecule has 0 amide bonds. The van der Waals surface area contributed by atoms with Crippen molar-refractivity contribution in [1.82, 2.24) is 9.97 Å². The fourth-order valence-corrected chi connectivity index (χ4v) is 2.58. The van der Waals surface area contributed by atoms with Crippen LogP contribution in [0.3, 0.4) is 0 Å². The first-order valence-corrected chi connectivity index (χ1v) is 7.81. The van der Waals surface area contributed by atoms with Crippen molar-refractivity contribution < 1.29 is 9.53 Å². The molecule has 1 aromatic carbocycles. The minimum atomic E-state index is -0.408. The van der Waals surface area contributed by atoms with Gasteiger partial charge in [-0.2, -0.15) is 0 Å². The molecule has 7 heteroatoms. The standard InChI is InChI=1S/C17H23N5O2/c1-5-22(6-2)16-14(18)15(19-11-20-16)21(3)13-10-8-7-9-12(13)17(23)24-4/h7-11H,5-6,18H2,1-4H3. The van der Waals surface area contributed by atoms with Crippen molar-refractivity contribution in [3.8, 4) is 0 Å². The Balaban J connectivity index is 2.50. The van der Waals surface area contributed by atoms with Crippen LogP contribution in [0.1, 0.15) is 24.2 Å². The maximum absolute atomic E-state index is 12.0. The van der Waals surface area contributed by atoms with Crippen molar-refractivity contribution in [1.29, 1.82) is 0 Å². The Morgan fingerprint density at radius 3 is 2.42 bits per heavy atom. The predicted molar refractivity (Wildman–Crippen MR) is 95.8 cm³/mol. The van der Waals surface area contributed by atoms with Gasteiger partial charge in [0.2, 0.25) is 0 Å². The minimum absolute atomic E-state index is 0.408. The average molecular weight is 329 g/mol. The number of rotatable bonds is 6. The Labute approximate surface area is 142 Å². The van der Waals surface area contributed by atoms with Gasteiger partial charge in [0.1, 0.15) is 12.0 Å². The fraction of sp³-hybridized carbons (Fsp3) is 0.353. The number of carbonyl (C=O) groups is 1. The number of aromatic nitrogens is 2. The Hall–Kier alpha value is -2.83. The number of methoxy groups -OCH3 is 1. The lowest BCUT2D eigenvalue weighted by molar-refractivity contribution is 0.0601. The quantitative estimate of drug-likeness (QED) is 0.815. The summed E-state index contributed by atoms with van der Waals surface area (Å²) in [6.45, 7) is 5.67. The number of anilines is 4. The van der Waals surface area contributed by atoms with Gasteiger partial charge in [0.05, 0.1) is 18.4 Å². The third-order valence-electron chi connectivity index (χ3n) is 3.89. The Kier molecular flexibility index (Phi) is 5.57. The molecule has 0 aliphatic carbocycles. The maximum atomic E-state index is 12.0. The molecule has 2 rings (SSSR count). The van der Waals surface area contributed by atoms with Crippen LogP contribution in [-0.2, 0) is 4.74 Å². The molecular weight excluding hydrogens is 306 g/mol. The predicted octanol–water partition coefficient (Wildman–Crippen LogP) is 2.46. The summed E-state index contributed by atoms with van der Waals surface area (Å²) in [4.78, 5) is 24.4. The lowest BCUT2D eigenvalue weighted by Crippen LogP contribution is -2.26. The largest absolute Gasteiger partial charge is 0.465 e. The van der Waals surface area contributed by atoms with E-state index in [2.05, 4.69) is 14.9 Å². The zero-order valence-corrected chi connectivity index (χ0v) is 14.5. The molecule has 0 aliphatic heterocycles. The van der Waals surface area contributed by atoms with Gasteiger partial charge in [-0.05, 0) is 26.0 Å². The molecule has 24 heavy (non-hydrogen) atoms. The smallest absolute Gasteiger partial charge is 0.339 e. The van der Waals surface area contributed by atoms with Crippen molar-refractivity contribution in [2.24, 2.45) is 0 Å². The highest BCUT2D eigenvalue weighted by molar-refractivity contribution is 5.97. The molecule has 0 spiro atoms. The maximum Gasteiger partial charge on any atom is 0.339 e. The Bertz CT molecular complexity index is 716. The van der Waals surface area contributed by atoms with Crippen LogP contribution in [0.2, 0.25) is 0 Å². The normalized spacial score (nSPS) is 10.3. The number of para-hydroxylation sites is 1. The van der Waals surface area contributed by atoms with Gasteiger partial charge >= 0.3 is 5.97 Å². The summed E-state index contributed by atoms with van der Waals surface area (Å²) in [5, 5.41) is 0. The fourth-order valence-electron chi connectivity index (χ4n) is 2.58. The summed E-state index contributed by atoms with van der Waals surface area (Å²) >= 11 is 0. The lowest BCUT2D eigenvalue weighted by Gasteiger charge is -2.26. The summed E-state index contributed by atoms with van der Waals surface area (Å²) in [6, 6.07) is 7.17. The molecule has 1 heterocycles. The van der Waals surface area contributed by atoms with Crippen LogP contribution in [0.25, 0.3) is 0 Å². The number of nitrogen functional groups attached to an aromatic ring is 1. The van der Waals surface area contributed by atoms with E-state index >= 15 is 0 Å². The van der Waals surface area contributed by atoms with E-state index in [9.17, 15) is 4.79 Å². The van der Waals surface area contributed by atoms with Crippen LogP contribution in [0, 0.1) is 0 Å². The molecule has 0 bridgehead atoms. The molecule has 1 aromatic heterocycles. The number of carbonyl (C=O) groups excluding carboxylic acids is 1. The number of nitrogens with zero attached hydrogens (tertiary/aromatic N) is 4. The van der Waals surface area contributed by atoms with Crippen molar-refractivity contribution in [3.05, 3.63) is 36.2 Å². The Morgan fingerprint density at radius 2 is 1.79 bits per heavy atom. The van der Waals surface area contributed by atoms with E-state index in [0.717, 1.165) is 13.1 Å². The number of hydrogen-bond donors (Lipinski definition) is 1. The monoisotopic (exact) mass is 329 g/mol. The molecule has 0 fully saturated rings. The van der Waals surface area contributed by atoms with Crippen LogP contribution < -0.4 is 15.5 Å². The summed E-state index contributed by atoms with van der Waals surface area (Å²) in [6.07, 6.45) is 1.48. The molecule has 7 nitrogen and oxygen atoms in total. The average Bonchev–Trinajstić information content (AvgIpc) is 2.62. The summed E-state index contributed by atoms with van der Waals surface area (Å²) in [7, 11) is 3.17. The molecule has 0 aliphatic rings. The second-order valence-corrected chi connectivity index (χ2v) is 5.17. The molecular formula is C17H23N5O2. The molecule has 2 aromatic rings. The number of hydrogen-bond acceptors (Lipinski definition) is 7. The van der Waals surface area contributed by atoms with E-state index in [-0.39, 0.29) is 0 Å². The first-order valence-electron chi connectivity index (χ1n) is 7.81. The van der Waals surface area contributed by atoms with Crippen LogP contribution in [0.15, 0.2) is 30.6 Å². The molecule has 0 saturated carbocycles. The first-order chi connectivity index (χ1) is 11.5. The van der Waals surface area contributed by atoms with Gasteiger partial charge in [-0.15, -0.1) is 0 Å². The zero-order chi connectivity index (χ0) is 17.7. The highest BCUT2D eigenvalue weighted by Crippen LogP contribution is 2.33. The summed E-state index contributed by atoms with van der Waals surface area (Å²) < 4.78 is 4.85. The van der Waals surface area contributed by atoms with Crippen molar-refractivity contribution in [2.75, 3.05) is 42.8 Å². The number of ether oxygens (including phenoxy) is 1. The minimum Gasteiger partial charge on any atom is -0.465 e. The van der Waals surface area contributed by atoms with Crippen molar-refractivity contribution in [3.63, 3.8) is 0 Å². The highest BCUT2D eigenvalue weighted by atomic mass is 16.5. The van der Waals surface area contributed by atoms with Crippen LogP contribution in [0.4, 0.5) is 23.0 Å². The van der Waals surface area contributed by atoms with Gasteiger partial charge in [-0.25, -0.2) is 14.8 Å². The highest BCUT2D eigenvalue weighted by Gasteiger charge is 2.20. The molecule has 128 valence electrons. The van der Waals surface area contributed by atoms with Gasteiger partial charge in [-0.1, -0.05) is 12.1 Å². The van der Waals surface area contributed by atoms with E-state index in [1.54, 1.807) is 17.0 Å². The Morgan fingerprint density at radius 1 is 1.17 bits per heavy atom. The second kappa shape index (κ2) is 7.63. The van der Waals surface area contributed by atoms with Crippen LogP contribution in [-0.4, -0.2) is 43.2 Å². The summed E-state index contributed by atoms with van der Waals surface area (Å²) in [5.74, 6) is 0.824. The topological polar surface area (TPSA) is 84.6 Å².